The van der Waals surface area contributed by atoms with Gasteiger partial charge in [0.2, 0.25) is 5.75 Å². The molecule has 3 rings (SSSR count). The predicted molar refractivity (Wildman–Crippen MR) is 103 cm³/mol. The molecule has 0 radical (unpaired) electrons. The Morgan fingerprint density at radius 3 is 2.18 bits per heavy atom. The van der Waals surface area contributed by atoms with E-state index < -0.39 is 5.97 Å². The molecule has 2 N–H and O–H groups in total. The third kappa shape index (κ3) is 3.39. The zero-order chi connectivity index (χ0) is 20.4. The Morgan fingerprint density at radius 2 is 1.68 bits per heavy atom. The Bertz CT molecular complexity index is 983. The van der Waals surface area contributed by atoms with E-state index >= 15 is 0 Å². The number of aromatic carboxylic acids is 1. The zero-order valence-corrected chi connectivity index (χ0v) is 15.5. The van der Waals surface area contributed by atoms with E-state index in [1.165, 1.54) is 43.5 Å². The number of aromatic hydroxyl groups is 1. The van der Waals surface area contributed by atoms with Crippen LogP contribution in [0.5, 0.6) is 17.2 Å². The van der Waals surface area contributed by atoms with Crippen molar-refractivity contribution in [2.75, 3.05) is 19.2 Å². The lowest BCUT2D eigenvalue weighted by Gasteiger charge is -2.12. The number of hydrogen-bond donors (Lipinski definition) is 2. The van der Waals surface area contributed by atoms with E-state index in [4.69, 9.17) is 14.6 Å². The van der Waals surface area contributed by atoms with Crippen LogP contribution in [0.4, 0.5) is 5.69 Å². The minimum absolute atomic E-state index is 0.121. The second kappa shape index (κ2) is 7.43. The summed E-state index contributed by atoms with van der Waals surface area (Å²) in [6, 6.07) is 9.02. The number of benzene rings is 2. The van der Waals surface area contributed by atoms with Crippen molar-refractivity contribution in [1.82, 2.24) is 0 Å². The normalized spacial score (nSPS) is 15.0. The van der Waals surface area contributed by atoms with Gasteiger partial charge in [0, 0.05) is 0 Å². The maximum Gasteiger partial charge on any atom is 0.335 e. The topological polar surface area (TPSA) is 109 Å². The fourth-order valence-electron chi connectivity index (χ4n) is 2.77. The van der Waals surface area contributed by atoms with Crippen molar-refractivity contribution in [3.63, 3.8) is 0 Å². The third-order valence-corrected chi connectivity index (χ3v) is 4.23. The highest BCUT2D eigenvalue weighted by Crippen LogP contribution is 2.38. The Morgan fingerprint density at radius 1 is 1.11 bits per heavy atom. The van der Waals surface area contributed by atoms with Crippen LogP contribution in [-0.2, 0) is 4.79 Å². The summed E-state index contributed by atoms with van der Waals surface area (Å²) >= 11 is 0. The fourth-order valence-corrected chi connectivity index (χ4v) is 2.77. The second-order valence-electron chi connectivity index (χ2n) is 5.99. The monoisotopic (exact) mass is 382 g/mol. The summed E-state index contributed by atoms with van der Waals surface area (Å²) in [5, 5.41) is 24.5. The SMILES string of the molecule is COc1cc(C=C2C(=O)N(c3ccc(C(=O)O)cc3)N=C2C)cc(OC)c1O. The summed E-state index contributed by atoms with van der Waals surface area (Å²) in [5.74, 6) is -1.10. The number of methoxy groups -OCH3 is 2. The molecule has 0 saturated heterocycles. The average Bonchev–Trinajstić information content (AvgIpc) is 2.97. The molecule has 0 aromatic heterocycles. The van der Waals surface area contributed by atoms with Gasteiger partial charge < -0.3 is 19.7 Å². The number of carbonyl (C=O) groups is 2. The number of phenols is 1. The largest absolute Gasteiger partial charge is 0.502 e. The van der Waals surface area contributed by atoms with Crippen molar-refractivity contribution < 1.29 is 29.3 Å². The number of nitrogens with zero attached hydrogens (tertiary/aromatic N) is 2. The Labute approximate surface area is 160 Å². The van der Waals surface area contributed by atoms with Crippen molar-refractivity contribution in [2.45, 2.75) is 6.92 Å². The Balaban J connectivity index is 1.95. The van der Waals surface area contributed by atoms with Gasteiger partial charge in [0.1, 0.15) is 0 Å². The van der Waals surface area contributed by atoms with Crippen molar-refractivity contribution >= 4 is 29.4 Å². The number of hydrogen-bond acceptors (Lipinski definition) is 6. The second-order valence-corrected chi connectivity index (χ2v) is 5.99. The first kappa shape index (κ1) is 19.0. The number of carboxylic acid groups (broad SMARTS) is 1. The van der Waals surface area contributed by atoms with Crippen LogP contribution < -0.4 is 14.5 Å². The van der Waals surface area contributed by atoms with Crippen LogP contribution in [0.25, 0.3) is 6.08 Å². The average molecular weight is 382 g/mol. The molecule has 0 atom stereocenters. The van der Waals surface area contributed by atoms with Crippen LogP contribution in [0, 0.1) is 0 Å². The molecule has 28 heavy (non-hydrogen) atoms. The Hall–Kier alpha value is -3.81. The van der Waals surface area contributed by atoms with Crippen molar-refractivity contribution in [3.05, 3.63) is 53.1 Å². The molecule has 1 heterocycles. The fraction of sp³-hybridized carbons (Fsp3) is 0.150. The van der Waals surface area contributed by atoms with Gasteiger partial charge in [-0.1, -0.05) is 0 Å². The minimum atomic E-state index is -1.05. The molecule has 0 fully saturated rings. The van der Waals surface area contributed by atoms with Gasteiger partial charge in [0.15, 0.2) is 11.5 Å². The molecule has 1 aliphatic heterocycles. The maximum absolute atomic E-state index is 12.8. The zero-order valence-electron chi connectivity index (χ0n) is 15.5. The molecule has 144 valence electrons. The molecular formula is C20H18N2O6. The Kier molecular flexibility index (Phi) is 5.04. The van der Waals surface area contributed by atoms with Gasteiger partial charge in [-0.2, -0.15) is 10.1 Å². The van der Waals surface area contributed by atoms with E-state index in [0.29, 0.717) is 22.5 Å². The molecule has 1 amide bonds. The molecule has 0 saturated carbocycles. The molecular weight excluding hydrogens is 364 g/mol. The third-order valence-electron chi connectivity index (χ3n) is 4.23. The molecule has 0 aliphatic carbocycles. The standard InChI is InChI=1S/C20H18N2O6/c1-11-15(8-12-9-16(27-2)18(23)17(10-12)28-3)19(24)22(21-11)14-6-4-13(5-7-14)20(25)26/h4-10,23H,1-3H3,(H,25,26). The molecule has 1 aliphatic rings. The lowest BCUT2D eigenvalue weighted by Crippen LogP contribution is -2.21. The van der Waals surface area contributed by atoms with Gasteiger partial charge in [-0.15, -0.1) is 0 Å². The van der Waals surface area contributed by atoms with Gasteiger partial charge in [-0.3, -0.25) is 4.79 Å². The minimum Gasteiger partial charge on any atom is -0.502 e. The van der Waals surface area contributed by atoms with E-state index in [1.54, 1.807) is 25.1 Å². The van der Waals surface area contributed by atoms with Crippen LogP contribution in [-0.4, -0.2) is 42.0 Å². The summed E-state index contributed by atoms with van der Waals surface area (Å²) in [6.45, 7) is 1.70. The first-order chi connectivity index (χ1) is 13.3. The van der Waals surface area contributed by atoms with E-state index in [1.807, 2.05) is 0 Å². The van der Waals surface area contributed by atoms with Gasteiger partial charge >= 0.3 is 5.97 Å². The molecule has 0 unspecified atom stereocenters. The lowest BCUT2D eigenvalue weighted by atomic mass is 10.1. The first-order valence-corrected chi connectivity index (χ1v) is 8.25. The van der Waals surface area contributed by atoms with Crippen molar-refractivity contribution in [2.24, 2.45) is 5.10 Å². The quantitative estimate of drug-likeness (QED) is 0.770. The summed E-state index contributed by atoms with van der Waals surface area (Å²) in [7, 11) is 2.84. The summed E-state index contributed by atoms with van der Waals surface area (Å²) in [4.78, 5) is 23.8. The molecule has 2 aromatic rings. The summed E-state index contributed by atoms with van der Waals surface area (Å²) in [5.41, 5.74) is 2.02. The maximum atomic E-state index is 12.8. The van der Waals surface area contributed by atoms with E-state index in [0.717, 1.165) is 0 Å². The van der Waals surface area contributed by atoms with Gasteiger partial charge in [-0.25, -0.2) is 4.79 Å². The van der Waals surface area contributed by atoms with Gasteiger partial charge in [0.25, 0.3) is 5.91 Å². The van der Waals surface area contributed by atoms with Crippen molar-refractivity contribution in [1.29, 1.82) is 0 Å². The smallest absolute Gasteiger partial charge is 0.335 e. The number of ether oxygens (including phenoxy) is 2. The molecule has 8 nitrogen and oxygen atoms in total. The predicted octanol–water partition coefficient (Wildman–Crippen LogP) is 2.91. The van der Waals surface area contributed by atoms with Crippen LogP contribution in [0.3, 0.4) is 0 Å². The van der Waals surface area contributed by atoms with Gasteiger partial charge in [0.05, 0.1) is 36.8 Å². The van der Waals surface area contributed by atoms with E-state index in [2.05, 4.69) is 5.10 Å². The van der Waals surface area contributed by atoms with E-state index in [-0.39, 0.29) is 28.7 Å². The molecule has 8 heteroatoms. The number of anilines is 1. The number of hydrazone groups is 1. The lowest BCUT2D eigenvalue weighted by molar-refractivity contribution is -0.114. The number of rotatable bonds is 5. The summed E-state index contributed by atoms with van der Waals surface area (Å²) in [6.07, 6.45) is 1.62. The number of amides is 1. The van der Waals surface area contributed by atoms with Crippen LogP contribution in [0.15, 0.2) is 47.1 Å². The van der Waals surface area contributed by atoms with Crippen LogP contribution >= 0.6 is 0 Å². The number of carbonyl (C=O) groups excluding carboxylic acids is 1. The molecule has 2 aromatic carbocycles. The summed E-state index contributed by atoms with van der Waals surface area (Å²) < 4.78 is 10.3. The molecule has 0 bridgehead atoms. The number of carboxylic acids is 1. The highest BCUT2D eigenvalue weighted by Gasteiger charge is 2.29. The highest BCUT2D eigenvalue weighted by atomic mass is 16.5. The number of phenolic OH excluding ortho intramolecular Hbond substituents is 1. The first-order valence-electron chi connectivity index (χ1n) is 8.25. The highest BCUT2D eigenvalue weighted by molar-refractivity contribution is 6.32. The van der Waals surface area contributed by atoms with Crippen LogP contribution in [0.1, 0.15) is 22.8 Å². The van der Waals surface area contributed by atoms with Crippen LogP contribution in [0.2, 0.25) is 0 Å². The van der Waals surface area contributed by atoms with E-state index in [9.17, 15) is 14.7 Å². The molecule has 0 spiro atoms. The van der Waals surface area contributed by atoms with Gasteiger partial charge in [-0.05, 0) is 55.0 Å². The van der Waals surface area contributed by atoms with Crippen molar-refractivity contribution in [3.8, 4) is 17.2 Å².